The molecule has 32 heavy (non-hydrogen) atoms. The molecule has 8 nitrogen and oxygen atoms in total. The molecule has 0 radical (unpaired) electrons. The third kappa shape index (κ3) is 4.94. The second kappa shape index (κ2) is 8.91. The van der Waals surface area contributed by atoms with Gasteiger partial charge in [0.2, 0.25) is 11.9 Å². The van der Waals surface area contributed by atoms with Gasteiger partial charge < -0.3 is 26.4 Å². The van der Waals surface area contributed by atoms with Crippen LogP contribution < -0.4 is 16.4 Å². The van der Waals surface area contributed by atoms with E-state index in [0.29, 0.717) is 31.6 Å². The number of aliphatic hydroxyl groups is 1. The minimum atomic E-state index is -4.58. The molecule has 1 saturated carbocycles. The summed E-state index contributed by atoms with van der Waals surface area (Å²) in [4.78, 5) is 21.2. The van der Waals surface area contributed by atoms with Gasteiger partial charge in [-0.05, 0) is 48.9 Å². The fourth-order valence-corrected chi connectivity index (χ4v) is 4.09. The van der Waals surface area contributed by atoms with Gasteiger partial charge in [0.15, 0.2) is 0 Å². The number of nitrogens with one attached hydrogen (secondary N) is 2. The van der Waals surface area contributed by atoms with Crippen LogP contribution in [-0.2, 0) is 24.1 Å². The topological polar surface area (TPSA) is 116 Å². The Balaban J connectivity index is 1.53. The number of nitrogens with two attached hydrogens (primary N) is 1. The molecule has 0 spiro atoms. The molecule has 0 saturated heterocycles. The molecule has 4 rings (SSSR count). The molecule has 2 aliphatic rings. The molecule has 1 fully saturated rings. The molecule has 2 heterocycles. The van der Waals surface area contributed by atoms with E-state index in [2.05, 4.69) is 20.6 Å². The maximum atomic E-state index is 13.5. The number of anilines is 3. The van der Waals surface area contributed by atoms with E-state index >= 15 is 0 Å². The summed E-state index contributed by atoms with van der Waals surface area (Å²) in [6.07, 6.45) is -0.943. The van der Waals surface area contributed by atoms with Crippen LogP contribution in [0.3, 0.4) is 0 Å². The van der Waals surface area contributed by atoms with E-state index < -0.39 is 18.3 Å². The zero-order valence-electron chi connectivity index (χ0n) is 17.3. The Labute approximate surface area is 183 Å². The number of fused-ring (bicyclic) bond motifs is 1. The third-order valence-electron chi connectivity index (χ3n) is 5.88. The summed E-state index contributed by atoms with van der Waals surface area (Å²) in [6, 6.07) is 5.34. The largest absolute Gasteiger partial charge is 0.421 e. The molecule has 5 N–H and O–H groups in total. The minimum Gasteiger partial charge on any atom is -0.387 e. The van der Waals surface area contributed by atoms with E-state index in [1.54, 1.807) is 12.1 Å². The van der Waals surface area contributed by atoms with Crippen molar-refractivity contribution in [1.29, 1.82) is 0 Å². The summed E-state index contributed by atoms with van der Waals surface area (Å²) in [5.41, 5.74) is 7.41. The number of amides is 1. The molecule has 2 aromatic rings. The van der Waals surface area contributed by atoms with Gasteiger partial charge in [-0.25, -0.2) is 4.98 Å². The average molecular weight is 450 g/mol. The van der Waals surface area contributed by atoms with Gasteiger partial charge >= 0.3 is 6.18 Å². The molecule has 11 heteroatoms. The first-order valence-electron chi connectivity index (χ1n) is 10.5. The number of halogens is 3. The van der Waals surface area contributed by atoms with Crippen molar-refractivity contribution in [3.8, 4) is 0 Å². The van der Waals surface area contributed by atoms with Crippen LogP contribution in [0.4, 0.5) is 30.6 Å². The minimum absolute atomic E-state index is 0.0363. The van der Waals surface area contributed by atoms with Crippen molar-refractivity contribution < 1.29 is 23.1 Å². The molecule has 1 aromatic heterocycles. The second-order valence-electron chi connectivity index (χ2n) is 8.23. The lowest BCUT2D eigenvalue weighted by Crippen LogP contribution is -2.33. The number of aromatic nitrogens is 2. The number of carbonyl (C=O) groups is 1. The summed E-state index contributed by atoms with van der Waals surface area (Å²) in [5, 5.41) is 14.9. The lowest BCUT2D eigenvalue weighted by molar-refractivity contribution is -0.137. The Kier molecular flexibility index (Phi) is 6.20. The number of nitrogens with zero attached hydrogens (tertiary/aromatic N) is 3. The summed E-state index contributed by atoms with van der Waals surface area (Å²) < 4.78 is 40.5. The predicted octanol–water partition coefficient (Wildman–Crippen LogP) is 2.76. The molecule has 1 aromatic carbocycles. The fraction of sp³-hybridized carbons (Fsp3) is 0.476. The van der Waals surface area contributed by atoms with E-state index in [0.717, 1.165) is 30.2 Å². The van der Waals surface area contributed by atoms with Crippen LogP contribution in [0.15, 0.2) is 24.4 Å². The summed E-state index contributed by atoms with van der Waals surface area (Å²) in [7, 11) is 0. The monoisotopic (exact) mass is 450 g/mol. The highest BCUT2D eigenvalue weighted by atomic mass is 19.4. The van der Waals surface area contributed by atoms with E-state index in [1.807, 2.05) is 6.07 Å². The highest BCUT2D eigenvalue weighted by Crippen LogP contribution is 2.35. The van der Waals surface area contributed by atoms with Crippen molar-refractivity contribution in [2.45, 2.75) is 57.0 Å². The van der Waals surface area contributed by atoms with Crippen molar-refractivity contribution >= 4 is 23.4 Å². The van der Waals surface area contributed by atoms with Gasteiger partial charge in [0.25, 0.3) is 0 Å². The molecule has 1 aliphatic heterocycles. The van der Waals surface area contributed by atoms with Gasteiger partial charge in [-0.15, -0.1) is 0 Å². The molecule has 0 atom stereocenters. The van der Waals surface area contributed by atoms with E-state index in [1.165, 1.54) is 4.90 Å². The summed E-state index contributed by atoms with van der Waals surface area (Å²) in [6.45, 7) is 0.209. The van der Waals surface area contributed by atoms with Crippen LogP contribution in [0.5, 0.6) is 0 Å². The highest BCUT2D eigenvalue weighted by molar-refractivity contribution is 5.78. The number of aliphatic hydroxyl groups excluding tert-OH is 1. The number of alkyl halides is 3. The zero-order valence-corrected chi connectivity index (χ0v) is 17.3. The molecule has 0 bridgehead atoms. The zero-order chi connectivity index (χ0) is 22.9. The van der Waals surface area contributed by atoms with Gasteiger partial charge in [0.1, 0.15) is 18.0 Å². The quantitative estimate of drug-likeness (QED) is 0.554. The van der Waals surface area contributed by atoms with Crippen LogP contribution in [0, 0.1) is 0 Å². The average Bonchev–Trinajstić information content (AvgIpc) is 3.17. The standard InChI is InChI=1S/C21H25F3N6O2/c22-21(23,24)17-8-26-20(29-19(17)27-15-5-2-14(25)3-6-15)28-16-4-1-12-9-30(18(32)11-31)10-13(12)7-16/h1,4,7-8,14-15,31H,2-3,5-6,9-11,25H2,(H2,26,27,28,29). The van der Waals surface area contributed by atoms with Gasteiger partial charge in [0, 0.05) is 37.1 Å². The van der Waals surface area contributed by atoms with Crippen molar-refractivity contribution in [3.05, 3.63) is 41.1 Å². The Morgan fingerprint density at radius 1 is 1.19 bits per heavy atom. The van der Waals surface area contributed by atoms with E-state index in [9.17, 15) is 18.0 Å². The molecular formula is C21H25F3N6O2. The first-order chi connectivity index (χ1) is 15.2. The third-order valence-corrected chi connectivity index (χ3v) is 5.88. The number of rotatable bonds is 5. The predicted molar refractivity (Wildman–Crippen MR) is 112 cm³/mol. The van der Waals surface area contributed by atoms with Gasteiger partial charge in [-0.1, -0.05) is 6.07 Å². The van der Waals surface area contributed by atoms with Crippen LogP contribution in [0.25, 0.3) is 0 Å². The van der Waals surface area contributed by atoms with Crippen LogP contribution in [-0.4, -0.2) is 44.6 Å². The van der Waals surface area contributed by atoms with Gasteiger partial charge in [-0.3, -0.25) is 4.79 Å². The number of hydrogen-bond acceptors (Lipinski definition) is 7. The van der Waals surface area contributed by atoms with Crippen LogP contribution >= 0.6 is 0 Å². The molecule has 0 unspecified atom stereocenters. The van der Waals surface area contributed by atoms with Gasteiger partial charge in [-0.2, -0.15) is 18.2 Å². The maximum absolute atomic E-state index is 13.5. The highest BCUT2D eigenvalue weighted by Gasteiger charge is 2.36. The van der Waals surface area contributed by atoms with Crippen molar-refractivity contribution in [2.75, 3.05) is 17.2 Å². The Morgan fingerprint density at radius 3 is 2.59 bits per heavy atom. The number of benzene rings is 1. The van der Waals surface area contributed by atoms with Crippen molar-refractivity contribution in [2.24, 2.45) is 5.73 Å². The number of hydrogen-bond donors (Lipinski definition) is 4. The molecular weight excluding hydrogens is 425 g/mol. The Bertz CT molecular complexity index is 992. The smallest absolute Gasteiger partial charge is 0.387 e. The lowest BCUT2D eigenvalue weighted by Gasteiger charge is -2.28. The first kappa shape index (κ1) is 22.3. The fourth-order valence-electron chi connectivity index (χ4n) is 4.09. The normalized spacial score (nSPS) is 20.7. The summed E-state index contributed by atoms with van der Waals surface area (Å²) in [5.74, 6) is -0.577. The Hall–Kier alpha value is -2.92. The molecule has 1 aliphatic carbocycles. The van der Waals surface area contributed by atoms with Crippen molar-refractivity contribution in [3.63, 3.8) is 0 Å². The first-order valence-corrected chi connectivity index (χ1v) is 10.5. The van der Waals surface area contributed by atoms with Crippen LogP contribution in [0.1, 0.15) is 42.4 Å². The molecule has 1 amide bonds. The number of carbonyl (C=O) groups excluding carboxylic acids is 1. The SMILES string of the molecule is NC1CCC(Nc2nc(Nc3ccc4c(c3)CN(C(=O)CO)C4)ncc2C(F)(F)F)CC1. The summed E-state index contributed by atoms with van der Waals surface area (Å²) >= 11 is 0. The van der Waals surface area contributed by atoms with Crippen molar-refractivity contribution in [1.82, 2.24) is 14.9 Å². The maximum Gasteiger partial charge on any atom is 0.421 e. The Morgan fingerprint density at radius 2 is 1.91 bits per heavy atom. The van der Waals surface area contributed by atoms with Gasteiger partial charge in [0.05, 0.1) is 0 Å². The van der Waals surface area contributed by atoms with E-state index in [-0.39, 0.29) is 29.8 Å². The lowest BCUT2D eigenvalue weighted by atomic mass is 9.92. The van der Waals surface area contributed by atoms with Crippen LogP contribution in [0.2, 0.25) is 0 Å². The van der Waals surface area contributed by atoms with E-state index in [4.69, 9.17) is 10.8 Å². The molecule has 172 valence electrons. The second-order valence-corrected chi connectivity index (χ2v) is 8.23.